The number of benzene rings is 1. The highest BCUT2D eigenvalue weighted by Gasteiger charge is 2.14. The molecule has 0 aliphatic heterocycles. The van der Waals surface area contributed by atoms with E-state index in [1.807, 2.05) is 31.6 Å². The van der Waals surface area contributed by atoms with E-state index >= 15 is 0 Å². The molecule has 1 atom stereocenters. The number of nitrogens with zero attached hydrogens (tertiary/aromatic N) is 4. The van der Waals surface area contributed by atoms with Gasteiger partial charge in [-0.1, -0.05) is 6.07 Å². The molecule has 9 heteroatoms. The van der Waals surface area contributed by atoms with Crippen molar-refractivity contribution >= 4 is 29.9 Å². The third kappa shape index (κ3) is 7.41. The predicted octanol–water partition coefficient (Wildman–Crippen LogP) is 4.67. The highest BCUT2D eigenvalue weighted by molar-refractivity contribution is 14.0. The summed E-state index contributed by atoms with van der Waals surface area (Å²) in [6.07, 6.45) is 4.02. The summed E-state index contributed by atoms with van der Waals surface area (Å²) in [5.74, 6) is 0.904. The van der Waals surface area contributed by atoms with Gasteiger partial charge in [0, 0.05) is 31.5 Å². The molecule has 7 nitrogen and oxygen atoms in total. The Balaban J connectivity index is 0.00000385. The highest BCUT2D eigenvalue weighted by Crippen LogP contribution is 2.24. The Labute approximate surface area is 211 Å². The second-order valence-electron chi connectivity index (χ2n) is 7.77. The molecule has 0 aliphatic rings. The molecule has 3 rings (SSSR count). The maximum Gasteiger partial charge on any atom is 0.191 e. The van der Waals surface area contributed by atoms with Crippen molar-refractivity contribution < 1.29 is 9.13 Å². The number of rotatable bonds is 8. The molecule has 0 saturated carbocycles. The van der Waals surface area contributed by atoms with E-state index in [1.54, 1.807) is 30.6 Å². The van der Waals surface area contributed by atoms with Gasteiger partial charge in [-0.15, -0.1) is 24.0 Å². The van der Waals surface area contributed by atoms with Gasteiger partial charge >= 0.3 is 0 Å². The first-order valence-electron chi connectivity index (χ1n) is 10.8. The van der Waals surface area contributed by atoms with Crippen LogP contribution < -0.4 is 15.4 Å². The van der Waals surface area contributed by atoms with E-state index < -0.39 is 5.82 Å². The lowest BCUT2D eigenvalue weighted by Crippen LogP contribution is -2.43. The van der Waals surface area contributed by atoms with E-state index in [4.69, 9.17) is 4.74 Å². The number of hydrogen-bond acceptors (Lipinski definition) is 4. The Kier molecular flexibility index (Phi) is 10.1. The van der Waals surface area contributed by atoms with Crippen molar-refractivity contribution in [3.05, 3.63) is 71.1 Å². The van der Waals surface area contributed by atoms with E-state index in [9.17, 15) is 4.39 Å². The Morgan fingerprint density at radius 3 is 2.67 bits per heavy atom. The molecular weight excluding hydrogens is 534 g/mol. The SMILES string of the molecule is CCNC(=NCc1ccc(Oc2cccnc2)c(F)c1)NC(C)Cc1c(C)nn(C)c1C.I. The minimum Gasteiger partial charge on any atom is -0.453 e. The van der Waals surface area contributed by atoms with Crippen molar-refractivity contribution in [2.45, 2.75) is 46.7 Å². The Morgan fingerprint density at radius 1 is 1.27 bits per heavy atom. The van der Waals surface area contributed by atoms with E-state index in [-0.39, 0.29) is 35.8 Å². The van der Waals surface area contributed by atoms with E-state index in [1.165, 1.54) is 17.3 Å². The quantitative estimate of drug-likeness (QED) is 0.236. The van der Waals surface area contributed by atoms with Gasteiger partial charge in [0.1, 0.15) is 5.75 Å². The normalized spacial score (nSPS) is 12.1. The second-order valence-corrected chi connectivity index (χ2v) is 7.77. The predicted molar refractivity (Wildman–Crippen MR) is 140 cm³/mol. The average molecular weight is 566 g/mol. The topological polar surface area (TPSA) is 76.4 Å². The maximum atomic E-state index is 14.5. The first-order chi connectivity index (χ1) is 15.4. The fourth-order valence-electron chi connectivity index (χ4n) is 3.45. The van der Waals surface area contributed by atoms with Crippen LogP contribution in [0.4, 0.5) is 4.39 Å². The first-order valence-corrected chi connectivity index (χ1v) is 10.8. The summed E-state index contributed by atoms with van der Waals surface area (Å²) in [5, 5.41) is 11.2. The number of pyridine rings is 1. The average Bonchev–Trinajstić information content (AvgIpc) is 3.00. The van der Waals surface area contributed by atoms with Crippen LogP contribution in [0.2, 0.25) is 0 Å². The highest BCUT2D eigenvalue weighted by atomic mass is 127. The fourth-order valence-corrected chi connectivity index (χ4v) is 3.45. The lowest BCUT2D eigenvalue weighted by atomic mass is 10.1. The second kappa shape index (κ2) is 12.5. The van der Waals surface area contributed by atoms with Crippen LogP contribution in [-0.4, -0.2) is 33.3 Å². The number of aryl methyl sites for hydroxylation is 2. The maximum absolute atomic E-state index is 14.5. The van der Waals surface area contributed by atoms with Gasteiger partial charge in [-0.25, -0.2) is 9.38 Å². The molecule has 0 spiro atoms. The van der Waals surface area contributed by atoms with Crippen molar-refractivity contribution in [3.8, 4) is 11.5 Å². The van der Waals surface area contributed by atoms with Crippen LogP contribution in [0.25, 0.3) is 0 Å². The zero-order chi connectivity index (χ0) is 23.1. The van der Waals surface area contributed by atoms with Crippen LogP contribution in [-0.2, 0) is 20.0 Å². The summed E-state index contributed by atoms with van der Waals surface area (Å²) in [5.41, 5.74) is 4.21. The van der Waals surface area contributed by atoms with Crippen molar-refractivity contribution in [3.63, 3.8) is 0 Å². The summed E-state index contributed by atoms with van der Waals surface area (Å²) in [4.78, 5) is 8.60. The number of aliphatic imine (C=N–C) groups is 1. The molecule has 2 heterocycles. The molecule has 0 radical (unpaired) electrons. The molecule has 178 valence electrons. The molecule has 0 aliphatic carbocycles. The smallest absolute Gasteiger partial charge is 0.191 e. The molecule has 0 fully saturated rings. The molecule has 3 aromatic rings. The third-order valence-electron chi connectivity index (χ3n) is 5.17. The summed E-state index contributed by atoms with van der Waals surface area (Å²) in [7, 11) is 1.96. The lowest BCUT2D eigenvalue weighted by molar-refractivity contribution is 0.440. The largest absolute Gasteiger partial charge is 0.453 e. The number of aromatic nitrogens is 3. The molecule has 33 heavy (non-hydrogen) atoms. The lowest BCUT2D eigenvalue weighted by Gasteiger charge is -2.18. The van der Waals surface area contributed by atoms with Gasteiger partial charge < -0.3 is 15.4 Å². The number of guanidine groups is 1. The van der Waals surface area contributed by atoms with Crippen molar-refractivity contribution in [2.24, 2.45) is 12.0 Å². The van der Waals surface area contributed by atoms with Crippen molar-refractivity contribution in [2.75, 3.05) is 6.54 Å². The van der Waals surface area contributed by atoms with Gasteiger partial charge in [0.2, 0.25) is 0 Å². The van der Waals surface area contributed by atoms with Gasteiger partial charge in [-0.2, -0.15) is 5.10 Å². The summed E-state index contributed by atoms with van der Waals surface area (Å²) < 4.78 is 22.0. The Hall–Kier alpha value is -2.69. The minimum atomic E-state index is -0.435. The molecular formula is C24H32FIN6O. The molecule has 0 amide bonds. The molecule has 2 N–H and O–H groups in total. The number of ether oxygens (including phenoxy) is 1. The van der Waals surface area contributed by atoms with Crippen LogP contribution in [0.3, 0.4) is 0 Å². The zero-order valence-corrected chi connectivity index (χ0v) is 22.1. The first kappa shape index (κ1) is 26.6. The summed E-state index contributed by atoms with van der Waals surface area (Å²) in [6.45, 7) is 9.32. The van der Waals surface area contributed by atoms with Gasteiger partial charge in [0.25, 0.3) is 0 Å². The number of hydrogen-bond donors (Lipinski definition) is 2. The van der Waals surface area contributed by atoms with E-state index in [0.29, 0.717) is 18.3 Å². The van der Waals surface area contributed by atoms with Crippen LogP contribution >= 0.6 is 24.0 Å². The summed E-state index contributed by atoms with van der Waals surface area (Å²) in [6, 6.07) is 8.50. The standard InChI is InChI=1S/C24H31FN6O.HI/c1-6-27-24(29-16(2)12-21-17(3)30-31(5)18(21)4)28-14-19-9-10-23(22(25)13-19)32-20-8-7-11-26-15-20;/h7-11,13,15-16H,6,12,14H2,1-5H3,(H2,27,28,29);1H. The van der Waals surface area contributed by atoms with Crippen molar-refractivity contribution in [1.82, 2.24) is 25.4 Å². The molecule has 1 unspecified atom stereocenters. The molecule has 0 bridgehead atoms. The number of halogens is 2. The summed E-state index contributed by atoms with van der Waals surface area (Å²) >= 11 is 0. The van der Waals surface area contributed by atoms with Crippen LogP contribution in [0.15, 0.2) is 47.7 Å². The van der Waals surface area contributed by atoms with E-state index in [2.05, 4.69) is 39.6 Å². The molecule has 1 aromatic carbocycles. The molecule has 0 saturated heterocycles. The minimum absolute atomic E-state index is 0. The van der Waals surface area contributed by atoms with Gasteiger partial charge in [-0.3, -0.25) is 9.67 Å². The van der Waals surface area contributed by atoms with Gasteiger partial charge in [-0.05, 0) is 69.5 Å². The van der Waals surface area contributed by atoms with Crippen molar-refractivity contribution in [1.29, 1.82) is 0 Å². The van der Waals surface area contributed by atoms with E-state index in [0.717, 1.165) is 24.2 Å². The number of nitrogens with one attached hydrogen (secondary N) is 2. The monoisotopic (exact) mass is 566 g/mol. The van der Waals surface area contributed by atoms with Crippen LogP contribution in [0.1, 0.15) is 36.4 Å². The van der Waals surface area contributed by atoms with Crippen LogP contribution in [0.5, 0.6) is 11.5 Å². The van der Waals surface area contributed by atoms with Gasteiger partial charge in [0.15, 0.2) is 17.5 Å². The van der Waals surface area contributed by atoms with Crippen LogP contribution in [0, 0.1) is 19.7 Å². The third-order valence-corrected chi connectivity index (χ3v) is 5.17. The Morgan fingerprint density at radius 2 is 2.06 bits per heavy atom. The molecule has 2 aromatic heterocycles. The fraction of sp³-hybridized carbons (Fsp3) is 0.375. The van der Waals surface area contributed by atoms with Gasteiger partial charge in [0.05, 0.1) is 18.4 Å². The Bertz CT molecular complexity index is 1070. The zero-order valence-electron chi connectivity index (χ0n) is 19.7.